The van der Waals surface area contributed by atoms with Gasteiger partial charge in [0.25, 0.3) is 5.69 Å². The van der Waals surface area contributed by atoms with Crippen LogP contribution in [0, 0.1) is 22.9 Å². The van der Waals surface area contributed by atoms with Crippen LogP contribution in [0.1, 0.15) is 54.7 Å². The zero-order chi connectivity index (χ0) is 26.6. The van der Waals surface area contributed by atoms with Crippen molar-refractivity contribution >= 4 is 33.1 Å². The molecule has 4 aromatic rings. The van der Waals surface area contributed by atoms with E-state index in [1.165, 1.54) is 52.1 Å². The van der Waals surface area contributed by atoms with E-state index in [-0.39, 0.29) is 5.69 Å². The van der Waals surface area contributed by atoms with Gasteiger partial charge in [0, 0.05) is 38.0 Å². The highest BCUT2D eigenvalue weighted by atomic mass is 32.1. The Kier molecular flexibility index (Phi) is 7.74. The molecule has 2 aliphatic rings. The molecule has 6 rings (SSSR count). The van der Waals surface area contributed by atoms with Crippen molar-refractivity contribution in [2.45, 2.75) is 51.4 Å². The fourth-order valence-electron chi connectivity index (χ4n) is 4.74. The lowest BCUT2D eigenvalue weighted by Gasteiger charge is -2.25. The van der Waals surface area contributed by atoms with Crippen molar-refractivity contribution in [1.82, 2.24) is 14.9 Å². The molecule has 1 aliphatic carbocycles. The van der Waals surface area contributed by atoms with E-state index in [4.69, 9.17) is 4.98 Å². The van der Waals surface area contributed by atoms with Gasteiger partial charge < -0.3 is 4.90 Å². The number of fused-ring (bicyclic) bond motifs is 1. The van der Waals surface area contributed by atoms with Crippen molar-refractivity contribution in [2.75, 3.05) is 13.1 Å². The molecule has 0 spiro atoms. The first-order valence-electron chi connectivity index (χ1n) is 12.9. The normalized spacial score (nSPS) is 15.3. The highest BCUT2D eigenvalue weighted by Crippen LogP contribution is 2.43. The smallest absolute Gasteiger partial charge is 0.272 e. The number of non-ortho nitro benzene ring substituents is 1. The van der Waals surface area contributed by atoms with Crippen molar-refractivity contribution in [3.05, 3.63) is 87.5 Å². The van der Waals surface area contributed by atoms with Crippen LogP contribution in [0.2, 0.25) is 0 Å². The number of carbonyl (C=O) groups excluding carboxylic acids is 1. The minimum Gasteiger partial charge on any atom is -0.342 e. The van der Waals surface area contributed by atoms with Crippen LogP contribution in [-0.2, 0) is 11.2 Å². The second kappa shape index (κ2) is 11.3. The summed E-state index contributed by atoms with van der Waals surface area (Å²) in [6.45, 7) is 3.26. The highest BCUT2D eigenvalue weighted by molar-refractivity contribution is 7.22. The predicted octanol–water partition coefficient (Wildman–Crippen LogP) is 6.83. The van der Waals surface area contributed by atoms with E-state index in [2.05, 4.69) is 29.2 Å². The third-order valence-corrected chi connectivity index (χ3v) is 8.47. The number of aryl methyl sites for hydroxylation is 1. The number of thiophene rings is 1. The summed E-state index contributed by atoms with van der Waals surface area (Å²) in [6.07, 6.45) is 10.4. The van der Waals surface area contributed by atoms with Crippen molar-refractivity contribution < 1.29 is 14.1 Å². The Labute approximate surface area is 224 Å². The first-order valence-corrected chi connectivity index (χ1v) is 13.7. The van der Waals surface area contributed by atoms with Gasteiger partial charge in [-0.3, -0.25) is 24.9 Å². The van der Waals surface area contributed by atoms with E-state index in [1.807, 2.05) is 28.6 Å². The van der Waals surface area contributed by atoms with E-state index >= 15 is 0 Å². The minimum atomic E-state index is -0.622. The van der Waals surface area contributed by atoms with Gasteiger partial charge in [0.1, 0.15) is 5.82 Å². The Morgan fingerprint density at radius 3 is 2.61 bits per heavy atom. The number of nitro benzene ring substituents is 1. The number of carbonyl (C=O) groups is 1. The predicted molar refractivity (Wildman–Crippen MR) is 147 cm³/mol. The fraction of sp³-hybridized carbons (Fsp3) is 0.345. The van der Waals surface area contributed by atoms with Crippen LogP contribution in [0.15, 0.2) is 54.9 Å². The molecule has 0 atom stereocenters. The fourth-order valence-corrected chi connectivity index (χ4v) is 5.93. The molecular formula is C29H29FN4O3S. The van der Waals surface area contributed by atoms with Gasteiger partial charge in [0.05, 0.1) is 31.8 Å². The number of amides is 1. The minimum absolute atomic E-state index is 0.215. The van der Waals surface area contributed by atoms with Crippen LogP contribution in [0.3, 0.4) is 0 Å². The number of likely N-dealkylation sites (tertiary alicyclic amines) is 1. The molecule has 0 radical (unpaired) electrons. The van der Waals surface area contributed by atoms with Crippen molar-refractivity contribution in [2.24, 2.45) is 0 Å². The Hall–Kier alpha value is -3.72. The molecule has 1 amide bonds. The van der Waals surface area contributed by atoms with Gasteiger partial charge >= 0.3 is 0 Å². The van der Waals surface area contributed by atoms with Gasteiger partial charge in [-0.15, -0.1) is 11.3 Å². The molecule has 1 saturated heterocycles. The Bertz CT molecular complexity index is 1470. The number of nitrogens with zero attached hydrogens (tertiary/aromatic N) is 4. The summed E-state index contributed by atoms with van der Waals surface area (Å²) in [5.41, 5.74) is 4.96. The Balaban J connectivity index is 0.000000226. The summed E-state index contributed by atoms with van der Waals surface area (Å²) in [5, 5.41) is 10.1. The monoisotopic (exact) mass is 532 g/mol. The SMILES string of the molecule is Cc1ccc([N+](=O)[O-])cc1F.O=C1CCCN1CCc1ccc(-c2cc3nccc(C4CCC4)c3s2)nc1. The number of aromatic nitrogens is 2. The molecule has 196 valence electrons. The largest absolute Gasteiger partial charge is 0.342 e. The summed E-state index contributed by atoms with van der Waals surface area (Å²) in [4.78, 5) is 33.6. The molecule has 1 saturated carbocycles. The van der Waals surface area contributed by atoms with E-state index in [0.717, 1.165) is 43.2 Å². The number of hydrogen-bond donors (Lipinski definition) is 0. The Morgan fingerprint density at radius 2 is 1.97 bits per heavy atom. The molecule has 9 heteroatoms. The van der Waals surface area contributed by atoms with E-state index in [1.54, 1.807) is 6.92 Å². The molecule has 0 bridgehead atoms. The topological polar surface area (TPSA) is 89.2 Å². The van der Waals surface area contributed by atoms with Gasteiger partial charge in [-0.1, -0.05) is 12.5 Å². The van der Waals surface area contributed by atoms with Crippen LogP contribution in [0.4, 0.5) is 10.1 Å². The second-order valence-corrected chi connectivity index (χ2v) is 10.9. The van der Waals surface area contributed by atoms with E-state index < -0.39 is 10.7 Å². The van der Waals surface area contributed by atoms with Crippen LogP contribution < -0.4 is 0 Å². The van der Waals surface area contributed by atoms with Gasteiger partial charge in [0.15, 0.2) is 0 Å². The number of nitro groups is 1. The molecule has 3 aromatic heterocycles. The molecule has 1 aliphatic heterocycles. The summed E-state index contributed by atoms with van der Waals surface area (Å²) >= 11 is 1.82. The average molecular weight is 533 g/mol. The summed E-state index contributed by atoms with van der Waals surface area (Å²) in [7, 11) is 0. The van der Waals surface area contributed by atoms with Crippen LogP contribution in [0.5, 0.6) is 0 Å². The van der Waals surface area contributed by atoms with Gasteiger partial charge in [0.2, 0.25) is 5.91 Å². The lowest BCUT2D eigenvalue weighted by molar-refractivity contribution is -0.385. The van der Waals surface area contributed by atoms with E-state index in [0.29, 0.717) is 23.8 Å². The number of benzene rings is 1. The molecule has 4 heterocycles. The molecular weight excluding hydrogens is 503 g/mol. The van der Waals surface area contributed by atoms with Crippen molar-refractivity contribution in [3.63, 3.8) is 0 Å². The van der Waals surface area contributed by atoms with Crippen molar-refractivity contribution in [3.8, 4) is 10.6 Å². The average Bonchev–Trinajstić information content (AvgIpc) is 3.50. The maximum absolute atomic E-state index is 12.6. The maximum atomic E-state index is 12.6. The summed E-state index contributed by atoms with van der Waals surface area (Å²) in [6, 6.07) is 12.2. The number of hydrogen-bond acceptors (Lipinski definition) is 6. The zero-order valence-corrected chi connectivity index (χ0v) is 22.0. The molecule has 1 aromatic carbocycles. The summed E-state index contributed by atoms with van der Waals surface area (Å²) in [5.74, 6) is 0.462. The third kappa shape index (κ3) is 5.72. The van der Waals surface area contributed by atoms with Gasteiger partial charge in [-0.05, 0) is 79.5 Å². The molecule has 0 unspecified atom stereocenters. The van der Waals surface area contributed by atoms with Gasteiger partial charge in [-0.25, -0.2) is 4.39 Å². The van der Waals surface area contributed by atoms with Crippen molar-refractivity contribution in [1.29, 1.82) is 0 Å². The standard InChI is InChI=1S/C22H23N3OS.C7H6FNO2/c26-21-5-2-11-25(21)12-9-15-6-7-18(24-14-15)20-13-19-22(27-20)17(8-10-23-19)16-3-1-4-16;1-5-2-3-6(9(10)11)4-7(5)8/h6-8,10,13-14,16H,1-5,9,11-12H2;2-4H,1H3. The van der Waals surface area contributed by atoms with Crippen LogP contribution >= 0.6 is 11.3 Å². The highest BCUT2D eigenvalue weighted by Gasteiger charge is 2.23. The molecule has 0 N–H and O–H groups in total. The molecule has 38 heavy (non-hydrogen) atoms. The first-order chi connectivity index (χ1) is 18.4. The zero-order valence-electron chi connectivity index (χ0n) is 21.2. The van der Waals surface area contributed by atoms with Gasteiger partial charge in [-0.2, -0.15) is 0 Å². The quantitative estimate of drug-likeness (QED) is 0.200. The lowest BCUT2D eigenvalue weighted by atomic mass is 9.80. The molecule has 7 nitrogen and oxygen atoms in total. The summed E-state index contributed by atoms with van der Waals surface area (Å²) < 4.78 is 14.0. The number of halogens is 1. The first kappa shape index (κ1) is 25.9. The van der Waals surface area contributed by atoms with Crippen LogP contribution in [-0.4, -0.2) is 38.8 Å². The number of rotatable bonds is 6. The van der Waals surface area contributed by atoms with E-state index in [9.17, 15) is 19.3 Å². The lowest BCUT2D eigenvalue weighted by Crippen LogP contribution is -2.26. The van der Waals surface area contributed by atoms with Crippen LogP contribution in [0.25, 0.3) is 20.8 Å². The maximum Gasteiger partial charge on any atom is 0.272 e. The number of pyridine rings is 2. The Morgan fingerprint density at radius 1 is 1.13 bits per heavy atom. The second-order valence-electron chi connectivity index (χ2n) is 9.83. The third-order valence-electron chi connectivity index (χ3n) is 7.27. The molecule has 2 fully saturated rings.